The molecule has 7 nitrogen and oxygen atoms in total. The van der Waals surface area contributed by atoms with Crippen molar-refractivity contribution in [1.82, 2.24) is 14.5 Å². The van der Waals surface area contributed by atoms with Crippen molar-refractivity contribution in [3.8, 4) is 0 Å². The molecule has 1 aliphatic carbocycles. The summed E-state index contributed by atoms with van der Waals surface area (Å²) in [4.78, 5) is 15.0. The number of hydrogen-bond acceptors (Lipinski definition) is 3. The predicted molar refractivity (Wildman–Crippen MR) is 81.4 cm³/mol. The van der Waals surface area contributed by atoms with Gasteiger partial charge in [0.2, 0.25) is 0 Å². The number of nitrogens with one attached hydrogen (secondary N) is 1. The van der Waals surface area contributed by atoms with Gasteiger partial charge in [-0.15, -0.1) is 4.40 Å². The van der Waals surface area contributed by atoms with E-state index >= 15 is 0 Å². The third-order valence-corrected chi connectivity index (χ3v) is 5.07. The number of likely N-dealkylation sites (N-methyl/N-ethyl adjacent to an activating group) is 2. The molecule has 1 saturated carbocycles. The van der Waals surface area contributed by atoms with Gasteiger partial charge in [-0.25, -0.2) is 4.79 Å². The smallest absolute Gasteiger partial charge is 0.317 e. The molecule has 1 N–H and O–H groups in total. The number of carbonyl (C=O) groups excluding carboxylic acids is 1. The lowest BCUT2D eigenvalue weighted by Crippen LogP contribution is -2.37. The maximum Gasteiger partial charge on any atom is 0.325 e. The molecule has 0 bridgehead atoms. The Hall–Kier alpha value is -1.15. The number of carbonyl (C=O) groups is 1. The predicted octanol–water partition coefficient (Wildman–Crippen LogP) is 1.33. The maximum absolute atomic E-state index is 12.2. The highest BCUT2D eigenvalue weighted by atomic mass is 32.2. The highest BCUT2D eigenvalue weighted by Gasteiger charge is 2.33. The van der Waals surface area contributed by atoms with Crippen molar-refractivity contribution >= 4 is 22.1 Å². The second-order valence-corrected chi connectivity index (χ2v) is 6.84. The number of amides is 2. The van der Waals surface area contributed by atoms with Crippen molar-refractivity contribution in [3.05, 3.63) is 0 Å². The van der Waals surface area contributed by atoms with Crippen molar-refractivity contribution in [1.29, 1.82) is 0 Å². The summed E-state index contributed by atoms with van der Waals surface area (Å²) in [6, 6.07) is -0.200. The van der Waals surface area contributed by atoms with Crippen LogP contribution in [0.25, 0.3) is 0 Å². The fourth-order valence-corrected chi connectivity index (χ4v) is 3.99. The van der Waals surface area contributed by atoms with Crippen LogP contribution >= 0.6 is 0 Å². The molecular weight excluding hydrogens is 292 g/mol. The van der Waals surface area contributed by atoms with Crippen LogP contribution < -0.4 is 4.72 Å². The number of rotatable bonds is 5. The molecule has 1 heterocycles. The lowest BCUT2D eigenvalue weighted by atomic mass is 9.96. The van der Waals surface area contributed by atoms with Gasteiger partial charge >= 0.3 is 16.2 Å². The minimum Gasteiger partial charge on any atom is -0.317 e. The minimum absolute atomic E-state index is 0.0254. The zero-order valence-electron chi connectivity index (χ0n) is 12.7. The normalized spacial score (nSPS) is 23.3. The summed E-state index contributed by atoms with van der Waals surface area (Å²) in [5.41, 5.74) is 0. The molecule has 8 heteroatoms. The average molecular weight is 316 g/mol. The quantitative estimate of drug-likeness (QED) is 0.830. The second-order valence-electron chi connectivity index (χ2n) is 5.48. The fraction of sp³-hybridized carbons (Fsp3) is 0.846. The highest BCUT2D eigenvalue weighted by molar-refractivity contribution is 7.88. The first-order chi connectivity index (χ1) is 9.96. The third kappa shape index (κ3) is 3.94. The van der Waals surface area contributed by atoms with Gasteiger partial charge in [-0.05, 0) is 26.7 Å². The lowest BCUT2D eigenvalue weighted by molar-refractivity contribution is 0.199. The average Bonchev–Trinajstić information content (AvgIpc) is 2.73. The number of amidine groups is 1. The monoisotopic (exact) mass is 316 g/mol. The Balaban J connectivity index is 2.10. The van der Waals surface area contributed by atoms with Crippen molar-refractivity contribution in [3.63, 3.8) is 0 Å². The first-order valence-corrected chi connectivity index (χ1v) is 9.08. The van der Waals surface area contributed by atoms with Crippen molar-refractivity contribution in [2.24, 2.45) is 4.40 Å². The van der Waals surface area contributed by atoms with Gasteiger partial charge in [0.1, 0.15) is 5.84 Å². The van der Waals surface area contributed by atoms with Crippen LogP contribution in [0.3, 0.4) is 0 Å². The highest BCUT2D eigenvalue weighted by Crippen LogP contribution is 2.19. The molecule has 0 aromatic heterocycles. The van der Waals surface area contributed by atoms with E-state index in [1.165, 1.54) is 4.90 Å². The van der Waals surface area contributed by atoms with E-state index in [1.807, 2.05) is 13.8 Å². The summed E-state index contributed by atoms with van der Waals surface area (Å²) in [6.45, 7) is 4.91. The Bertz CT molecular complexity index is 512. The van der Waals surface area contributed by atoms with Crippen molar-refractivity contribution in [2.45, 2.75) is 52.0 Å². The molecule has 0 radical (unpaired) electrons. The molecule has 2 rings (SSSR count). The maximum atomic E-state index is 12.2. The van der Waals surface area contributed by atoms with Gasteiger partial charge in [0.05, 0.1) is 6.54 Å². The number of urea groups is 1. The zero-order chi connectivity index (χ0) is 15.5. The molecule has 0 spiro atoms. The summed E-state index contributed by atoms with van der Waals surface area (Å²) in [7, 11) is -3.75. The standard InChI is InChI=1S/C13H24N4O3S/c1-3-16-10-12(17(4-2)13(16)18)15-21(19,20)14-11-8-6-5-7-9-11/h11,14H,3-10H2,1-2H3/b15-12+. The second kappa shape index (κ2) is 6.74. The van der Waals surface area contributed by atoms with Gasteiger partial charge in [-0.3, -0.25) is 4.90 Å². The SMILES string of the molecule is CCN1C/C(=N\S(=O)(=O)NC2CCCCC2)N(CC)C1=O. The molecule has 1 aliphatic heterocycles. The molecule has 0 unspecified atom stereocenters. The van der Waals surface area contributed by atoms with E-state index in [4.69, 9.17) is 0 Å². The van der Waals surface area contributed by atoms with Crippen molar-refractivity contribution < 1.29 is 13.2 Å². The van der Waals surface area contributed by atoms with Crippen LogP contribution in [0.4, 0.5) is 4.79 Å². The van der Waals surface area contributed by atoms with Crippen molar-refractivity contribution in [2.75, 3.05) is 19.6 Å². The summed E-state index contributed by atoms with van der Waals surface area (Å²) >= 11 is 0. The molecule has 1 saturated heterocycles. The molecule has 21 heavy (non-hydrogen) atoms. The summed E-state index contributed by atoms with van der Waals surface area (Å²) in [5, 5.41) is 0. The summed E-state index contributed by atoms with van der Waals surface area (Å²) in [5.74, 6) is 0.313. The summed E-state index contributed by atoms with van der Waals surface area (Å²) < 4.78 is 30.8. The molecule has 2 aliphatic rings. The molecule has 0 aromatic rings. The number of hydrogen-bond donors (Lipinski definition) is 1. The van der Waals surface area contributed by atoms with E-state index in [9.17, 15) is 13.2 Å². The van der Waals surface area contributed by atoms with Crippen LogP contribution in [-0.4, -0.2) is 55.8 Å². The van der Waals surface area contributed by atoms with Crippen LogP contribution in [0.1, 0.15) is 46.0 Å². The summed E-state index contributed by atoms with van der Waals surface area (Å²) in [6.07, 6.45) is 4.99. The van der Waals surface area contributed by atoms with E-state index in [1.54, 1.807) is 4.90 Å². The fourth-order valence-electron chi connectivity index (χ4n) is 2.84. The van der Waals surface area contributed by atoms with Gasteiger partial charge in [0.25, 0.3) is 0 Å². The Morgan fingerprint density at radius 3 is 2.43 bits per heavy atom. The van der Waals surface area contributed by atoms with Gasteiger partial charge in [0.15, 0.2) is 0 Å². The van der Waals surface area contributed by atoms with Crippen LogP contribution in [0, 0.1) is 0 Å². The molecule has 2 fully saturated rings. The van der Waals surface area contributed by atoms with Crippen LogP contribution in [0.2, 0.25) is 0 Å². The first-order valence-electron chi connectivity index (χ1n) is 7.64. The lowest BCUT2D eigenvalue weighted by Gasteiger charge is -2.21. The first kappa shape index (κ1) is 16.2. The molecule has 2 amide bonds. The van der Waals surface area contributed by atoms with E-state index < -0.39 is 10.2 Å². The topological polar surface area (TPSA) is 82.1 Å². The Kier molecular flexibility index (Phi) is 5.21. The molecule has 120 valence electrons. The number of nitrogens with zero attached hydrogens (tertiary/aromatic N) is 3. The van der Waals surface area contributed by atoms with Gasteiger partial charge in [-0.2, -0.15) is 13.1 Å². The van der Waals surface area contributed by atoms with E-state index in [0.717, 1.165) is 32.1 Å². The Morgan fingerprint density at radius 1 is 1.19 bits per heavy atom. The van der Waals surface area contributed by atoms with Crippen LogP contribution in [-0.2, 0) is 10.2 Å². The molecular formula is C13H24N4O3S. The van der Waals surface area contributed by atoms with Crippen LogP contribution in [0.5, 0.6) is 0 Å². The van der Waals surface area contributed by atoms with E-state index in [0.29, 0.717) is 18.9 Å². The molecule has 0 aromatic carbocycles. The Labute approximate surface area is 126 Å². The minimum atomic E-state index is -3.75. The zero-order valence-corrected chi connectivity index (χ0v) is 13.5. The largest absolute Gasteiger partial charge is 0.325 e. The van der Waals surface area contributed by atoms with Gasteiger partial charge in [0, 0.05) is 19.1 Å². The van der Waals surface area contributed by atoms with Crippen LogP contribution in [0.15, 0.2) is 4.40 Å². The third-order valence-electron chi connectivity index (χ3n) is 3.99. The molecule has 0 atom stereocenters. The Morgan fingerprint density at radius 2 is 1.86 bits per heavy atom. The van der Waals surface area contributed by atoms with E-state index in [2.05, 4.69) is 9.12 Å². The van der Waals surface area contributed by atoms with E-state index in [-0.39, 0.29) is 18.6 Å². The van der Waals surface area contributed by atoms with Gasteiger partial charge in [-0.1, -0.05) is 19.3 Å². The van der Waals surface area contributed by atoms with Gasteiger partial charge < -0.3 is 4.90 Å².